The lowest BCUT2D eigenvalue weighted by Gasteiger charge is -2.34. The zero-order valence-corrected chi connectivity index (χ0v) is 18.3. The Morgan fingerprint density at radius 2 is 1.67 bits per heavy atom. The van der Waals surface area contributed by atoms with Gasteiger partial charge in [-0.05, 0) is 61.6 Å². The average Bonchev–Trinajstić information content (AvgIpc) is 3.43. The van der Waals surface area contributed by atoms with Crippen LogP contribution in [0, 0.1) is 0 Å². The number of rotatable bonds is 5. The highest BCUT2D eigenvalue weighted by Gasteiger charge is 2.36. The molecule has 1 aromatic heterocycles. The molecule has 1 N–H and O–H groups in total. The molecule has 8 heteroatoms. The maximum Gasteiger partial charge on any atom is 0.261 e. The van der Waals surface area contributed by atoms with Crippen molar-refractivity contribution in [2.24, 2.45) is 0 Å². The van der Waals surface area contributed by atoms with Crippen LogP contribution >= 0.6 is 0 Å². The molecule has 3 heterocycles. The van der Waals surface area contributed by atoms with Gasteiger partial charge in [0, 0.05) is 43.1 Å². The molecule has 0 radical (unpaired) electrons. The number of benzene rings is 2. The highest BCUT2D eigenvalue weighted by Crippen LogP contribution is 2.26. The number of carbonyl (C=O) groups is 3. The predicted molar refractivity (Wildman–Crippen MR) is 123 cm³/mol. The molecule has 0 saturated carbocycles. The summed E-state index contributed by atoms with van der Waals surface area (Å²) in [4.78, 5) is 44.0. The van der Waals surface area contributed by atoms with Crippen LogP contribution in [0.15, 0.2) is 65.3 Å². The van der Waals surface area contributed by atoms with Crippen LogP contribution in [0.25, 0.3) is 0 Å². The maximum atomic E-state index is 12.8. The minimum atomic E-state index is -0.433. The predicted octanol–water partition coefficient (Wildman–Crippen LogP) is 3.08. The van der Waals surface area contributed by atoms with Crippen LogP contribution < -0.4 is 10.2 Å². The van der Waals surface area contributed by atoms with E-state index in [-0.39, 0.29) is 18.0 Å². The van der Waals surface area contributed by atoms with Gasteiger partial charge < -0.3 is 19.5 Å². The van der Waals surface area contributed by atoms with Gasteiger partial charge in [-0.3, -0.25) is 19.3 Å². The van der Waals surface area contributed by atoms with Crippen molar-refractivity contribution in [1.29, 1.82) is 0 Å². The molecule has 0 unspecified atom stereocenters. The molecule has 2 aromatic carbocycles. The lowest BCUT2D eigenvalue weighted by atomic mass is 10.1. The summed E-state index contributed by atoms with van der Waals surface area (Å²) in [6.45, 7) is 4.05. The van der Waals surface area contributed by atoms with E-state index in [2.05, 4.69) is 22.2 Å². The smallest absolute Gasteiger partial charge is 0.261 e. The fourth-order valence-electron chi connectivity index (χ4n) is 4.16. The molecular formula is C25H24N4O4. The second kappa shape index (κ2) is 8.55. The summed E-state index contributed by atoms with van der Waals surface area (Å²) in [6.07, 6.45) is 1.49. The van der Waals surface area contributed by atoms with E-state index in [0.717, 1.165) is 36.8 Å². The highest BCUT2D eigenvalue weighted by molar-refractivity contribution is 6.22. The van der Waals surface area contributed by atoms with Gasteiger partial charge in [-0.2, -0.15) is 0 Å². The Hall–Kier alpha value is -3.91. The number of hydrogen-bond acceptors (Lipinski definition) is 6. The number of carbonyl (C=O) groups excluding carboxylic acids is 3. The maximum absolute atomic E-state index is 12.8. The van der Waals surface area contributed by atoms with E-state index >= 15 is 0 Å². The molecule has 2 aliphatic rings. The van der Waals surface area contributed by atoms with Crippen LogP contribution in [0.2, 0.25) is 0 Å². The third kappa shape index (κ3) is 4.12. The zero-order chi connectivity index (χ0) is 22.9. The molecule has 5 rings (SSSR count). The van der Waals surface area contributed by atoms with Crippen molar-refractivity contribution in [3.05, 3.63) is 83.3 Å². The van der Waals surface area contributed by atoms with Gasteiger partial charge in [0.2, 0.25) is 0 Å². The van der Waals surface area contributed by atoms with Gasteiger partial charge in [0.05, 0.1) is 23.9 Å². The van der Waals surface area contributed by atoms with Gasteiger partial charge >= 0.3 is 0 Å². The molecule has 168 valence electrons. The first-order valence-corrected chi connectivity index (χ1v) is 10.9. The molecule has 0 atom stereocenters. The highest BCUT2D eigenvalue weighted by atomic mass is 16.3. The Kier molecular flexibility index (Phi) is 5.43. The molecule has 8 nitrogen and oxygen atoms in total. The number of likely N-dealkylation sites (N-methyl/N-ethyl adjacent to an activating group) is 1. The SMILES string of the molecule is CN1CCN(c2ccc(NC(=O)c3ccc4c(c3)C(=O)N(Cc3ccco3)C4=O)cc2)CC1. The number of nitrogens with one attached hydrogen (secondary N) is 1. The van der Waals surface area contributed by atoms with Gasteiger partial charge in [0.1, 0.15) is 5.76 Å². The van der Waals surface area contributed by atoms with E-state index < -0.39 is 11.8 Å². The second-order valence-corrected chi connectivity index (χ2v) is 8.33. The van der Waals surface area contributed by atoms with Gasteiger partial charge in [-0.15, -0.1) is 0 Å². The molecule has 0 aliphatic carbocycles. The summed E-state index contributed by atoms with van der Waals surface area (Å²) in [7, 11) is 2.12. The van der Waals surface area contributed by atoms with Crippen LogP contribution in [0.4, 0.5) is 11.4 Å². The Labute approximate surface area is 191 Å². The fourth-order valence-corrected chi connectivity index (χ4v) is 4.16. The first kappa shape index (κ1) is 21.0. The van der Waals surface area contributed by atoms with Crippen LogP contribution in [-0.2, 0) is 6.54 Å². The fraction of sp³-hybridized carbons (Fsp3) is 0.240. The van der Waals surface area contributed by atoms with Crippen LogP contribution in [0.5, 0.6) is 0 Å². The first-order valence-electron chi connectivity index (χ1n) is 10.9. The molecule has 3 aromatic rings. The van der Waals surface area contributed by atoms with Crippen molar-refractivity contribution >= 4 is 29.1 Å². The minimum Gasteiger partial charge on any atom is -0.467 e. The van der Waals surface area contributed by atoms with Crippen molar-refractivity contribution < 1.29 is 18.8 Å². The molecule has 2 aliphatic heterocycles. The topological polar surface area (TPSA) is 86.1 Å². The Bertz CT molecular complexity index is 1200. The third-order valence-electron chi connectivity index (χ3n) is 6.12. The van der Waals surface area contributed by atoms with Crippen molar-refractivity contribution in [2.45, 2.75) is 6.54 Å². The number of imide groups is 1. The average molecular weight is 444 g/mol. The van der Waals surface area contributed by atoms with Crippen molar-refractivity contribution in [3.8, 4) is 0 Å². The number of hydrogen-bond donors (Lipinski definition) is 1. The summed E-state index contributed by atoms with van der Waals surface area (Å²) in [6, 6.07) is 15.7. The first-order chi connectivity index (χ1) is 16.0. The molecule has 0 spiro atoms. The van der Waals surface area contributed by atoms with E-state index in [1.54, 1.807) is 18.2 Å². The Morgan fingerprint density at radius 3 is 2.36 bits per heavy atom. The van der Waals surface area contributed by atoms with E-state index in [0.29, 0.717) is 22.6 Å². The van der Waals surface area contributed by atoms with E-state index in [1.165, 1.54) is 18.4 Å². The molecule has 3 amide bonds. The van der Waals surface area contributed by atoms with Crippen LogP contribution in [-0.4, -0.2) is 60.7 Å². The summed E-state index contributed by atoms with van der Waals surface area (Å²) < 4.78 is 5.26. The Morgan fingerprint density at radius 1 is 0.939 bits per heavy atom. The van der Waals surface area contributed by atoms with Crippen molar-refractivity contribution in [3.63, 3.8) is 0 Å². The number of furan rings is 1. The summed E-state index contributed by atoms with van der Waals surface area (Å²) in [5, 5.41) is 2.87. The van der Waals surface area contributed by atoms with Gasteiger partial charge in [-0.25, -0.2) is 0 Å². The monoisotopic (exact) mass is 444 g/mol. The number of piperazine rings is 1. The van der Waals surface area contributed by atoms with E-state index in [9.17, 15) is 14.4 Å². The molecule has 1 saturated heterocycles. The molecular weight excluding hydrogens is 420 g/mol. The third-order valence-corrected chi connectivity index (χ3v) is 6.12. The number of fused-ring (bicyclic) bond motifs is 1. The largest absolute Gasteiger partial charge is 0.467 e. The van der Waals surface area contributed by atoms with E-state index in [4.69, 9.17) is 4.42 Å². The summed E-state index contributed by atoms with van der Waals surface area (Å²) in [5.74, 6) is -0.646. The normalized spacial score (nSPS) is 16.3. The minimum absolute atomic E-state index is 0.0561. The van der Waals surface area contributed by atoms with Crippen molar-refractivity contribution in [2.75, 3.05) is 43.4 Å². The van der Waals surface area contributed by atoms with Gasteiger partial charge in [0.25, 0.3) is 17.7 Å². The van der Waals surface area contributed by atoms with Crippen LogP contribution in [0.1, 0.15) is 36.8 Å². The number of amides is 3. The van der Waals surface area contributed by atoms with Gasteiger partial charge in [0.15, 0.2) is 0 Å². The summed E-state index contributed by atoms with van der Waals surface area (Å²) >= 11 is 0. The van der Waals surface area contributed by atoms with Crippen LogP contribution in [0.3, 0.4) is 0 Å². The standard InChI is InChI=1S/C25H24N4O4/c1-27-10-12-28(13-11-27)19-7-5-18(6-8-19)26-23(30)17-4-9-21-22(15-17)25(32)29(24(21)31)16-20-3-2-14-33-20/h2-9,14-15H,10-13,16H2,1H3,(H,26,30). The second-order valence-electron chi connectivity index (χ2n) is 8.33. The van der Waals surface area contributed by atoms with Crippen molar-refractivity contribution in [1.82, 2.24) is 9.80 Å². The lowest BCUT2D eigenvalue weighted by molar-refractivity contribution is 0.0631. The quantitative estimate of drug-likeness (QED) is 0.609. The number of nitrogens with zero attached hydrogens (tertiary/aromatic N) is 3. The van der Waals surface area contributed by atoms with E-state index in [1.807, 2.05) is 24.3 Å². The lowest BCUT2D eigenvalue weighted by Crippen LogP contribution is -2.44. The number of anilines is 2. The zero-order valence-electron chi connectivity index (χ0n) is 18.3. The molecule has 33 heavy (non-hydrogen) atoms. The van der Waals surface area contributed by atoms with Gasteiger partial charge in [-0.1, -0.05) is 0 Å². The molecule has 1 fully saturated rings. The summed E-state index contributed by atoms with van der Waals surface area (Å²) in [5.41, 5.74) is 2.63. The molecule has 0 bridgehead atoms. The Balaban J connectivity index is 1.27.